The molecule has 0 aromatic carbocycles. The minimum Gasteiger partial charge on any atom is -0.371 e. The van der Waals surface area contributed by atoms with Gasteiger partial charge in [-0.1, -0.05) is 27.7 Å². The minimum absolute atomic E-state index is 0.307. The maximum atomic E-state index is 5.93. The monoisotopic (exact) mass is 211 g/mol. The van der Waals surface area contributed by atoms with Crippen LogP contribution in [-0.4, -0.2) is 18.1 Å². The molecule has 1 fully saturated rings. The van der Waals surface area contributed by atoms with Crippen LogP contribution in [0.3, 0.4) is 0 Å². The summed E-state index contributed by atoms with van der Waals surface area (Å²) in [6.45, 7) is 11.1. The topological polar surface area (TPSA) is 41.3 Å². The molecule has 0 bridgehead atoms. The fraction of sp³-hybridized carbons (Fsp3) is 0.833. The summed E-state index contributed by atoms with van der Waals surface area (Å²) in [5.74, 6) is 7.60. The van der Waals surface area contributed by atoms with Crippen molar-refractivity contribution in [2.75, 3.05) is 13.1 Å². The Bertz CT molecular complexity index is 228. The van der Waals surface area contributed by atoms with Crippen molar-refractivity contribution in [2.24, 2.45) is 17.2 Å². The molecule has 0 spiro atoms. The molecule has 0 aliphatic carbocycles. The summed E-state index contributed by atoms with van der Waals surface area (Å²) in [4.78, 5) is 0. The molecule has 1 heterocycles. The lowest BCUT2D eigenvalue weighted by molar-refractivity contribution is 0.255. The Morgan fingerprint density at radius 2 is 2.20 bits per heavy atom. The quantitative estimate of drug-likeness (QED) is 0.687. The van der Waals surface area contributed by atoms with E-state index in [0.29, 0.717) is 11.3 Å². The van der Waals surface area contributed by atoms with Crippen molar-refractivity contribution in [3.8, 4) is 0 Å². The van der Waals surface area contributed by atoms with Crippen LogP contribution in [0.4, 0.5) is 0 Å². The van der Waals surface area contributed by atoms with E-state index in [4.69, 9.17) is 5.84 Å². The van der Waals surface area contributed by atoms with E-state index >= 15 is 0 Å². The molecule has 0 amide bonds. The van der Waals surface area contributed by atoms with Crippen molar-refractivity contribution in [2.45, 2.75) is 40.5 Å². The first-order valence-electron chi connectivity index (χ1n) is 5.93. The van der Waals surface area contributed by atoms with Crippen molar-refractivity contribution < 1.29 is 0 Å². The zero-order valence-electron chi connectivity index (χ0n) is 10.5. The van der Waals surface area contributed by atoms with E-state index < -0.39 is 0 Å². The first kappa shape index (κ1) is 12.4. The lowest BCUT2D eigenvalue weighted by Gasteiger charge is -2.33. The Kier molecular flexibility index (Phi) is 4.03. The van der Waals surface area contributed by atoms with Crippen molar-refractivity contribution in [3.63, 3.8) is 0 Å². The molecular weight excluding hydrogens is 186 g/mol. The molecule has 88 valence electrons. The lowest BCUT2D eigenvalue weighted by Crippen LogP contribution is -2.44. The van der Waals surface area contributed by atoms with Gasteiger partial charge in [0, 0.05) is 13.1 Å². The van der Waals surface area contributed by atoms with E-state index in [0.717, 1.165) is 31.8 Å². The van der Waals surface area contributed by atoms with Crippen LogP contribution in [-0.2, 0) is 0 Å². The number of nitrogens with zero attached hydrogens (tertiary/aromatic N) is 1. The summed E-state index contributed by atoms with van der Waals surface area (Å²) in [6, 6.07) is 0. The molecule has 0 radical (unpaired) electrons. The Balaban J connectivity index is 2.73. The van der Waals surface area contributed by atoms with Gasteiger partial charge < -0.3 is 5.32 Å². The van der Waals surface area contributed by atoms with Crippen LogP contribution in [0, 0.1) is 11.3 Å². The molecule has 1 unspecified atom stereocenters. The van der Waals surface area contributed by atoms with Crippen LogP contribution < -0.4 is 11.2 Å². The van der Waals surface area contributed by atoms with Gasteiger partial charge in [-0.05, 0) is 30.3 Å². The van der Waals surface area contributed by atoms with Gasteiger partial charge in [-0.25, -0.2) is 5.84 Å². The van der Waals surface area contributed by atoms with Crippen LogP contribution in [0.2, 0.25) is 0 Å². The van der Waals surface area contributed by atoms with Crippen molar-refractivity contribution >= 4 is 0 Å². The second-order valence-corrected chi connectivity index (χ2v) is 5.41. The Hall–Kier alpha value is -0.700. The first-order valence-corrected chi connectivity index (χ1v) is 5.93. The highest BCUT2D eigenvalue weighted by Crippen LogP contribution is 2.30. The molecule has 1 atom stereocenters. The highest BCUT2D eigenvalue weighted by atomic mass is 15.5. The highest BCUT2D eigenvalue weighted by Gasteiger charge is 2.23. The third kappa shape index (κ3) is 3.42. The van der Waals surface area contributed by atoms with E-state index in [-0.39, 0.29) is 0 Å². The van der Waals surface area contributed by atoms with Crippen LogP contribution in [0.5, 0.6) is 0 Å². The van der Waals surface area contributed by atoms with E-state index in [9.17, 15) is 0 Å². The smallest absolute Gasteiger partial charge is 0.112 e. The number of hydrazine groups is 1. The van der Waals surface area contributed by atoms with E-state index in [1.807, 2.05) is 5.01 Å². The van der Waals surface area contributed by atoms with Gasteiger partial charge in [0.2, 0.25) is 0 Å². The zero-order chi connectivity index (χ0) is 11.5. The van der Waals surface area contributed by atoms with Gasteiger partial charge in [0.25, 0.3) is 0 Å². The lowest BCUT2D eigenvalue weighted by atomic mass is 9.79. The maximum Gasteiger partial charge on any atom is 0.112 e. The maximum absolute atomic E-state index is 5.93. The van der Waals surface area contributed by atoms with Crippen LogP contribution in [0.1, 0.15) is 40.5 Å². The number of nitrogens with one attached hydrogen (secondary N) is 1. The summed E-state index contributed by atoms with van der Waals surface area (Å²) in [6.07, 6.45) is 4.57. The summed E-state index contributed by atoms with van der Waals surface area (Å²) in [5, 5.41) is 5.20. The zero-order valence-corrected chi connectivity index (χ0v) is 10.5. The fourth-order valence-corrected chi connectivity index (χ4v) is 2.01. The van der Waals surface area contributed by atoms with Crippen molar-refractivity contribution in [1.29, 1.82) is 0 Å². The predicted molar refractivity (Wildman–Crippen MR) is 64.8 cm³/mol. The van der Waals surface area contributed by atoms with Gasteiger partial charge in [0.15, 0.2) is 0 Å². The molecule has 0 aromatic rings. The molecule has 3 heteroatoms. The van der Waals surface area contributed by atoms with Gasteiger partial charge in [-0.2, -0.15) is 0 Å². The number of nitrogens with two attached hydrogens (primary N) is 1. The molecule has 1 aliphatic heterocycles. The number of allylic oxidation sites excluding steroid dienone is 1. The number of hydrogen-bond donors (Lipinski definition) is 2. The largest absolute Gasteiger partial charge is 0.371 e. The molecular formula is C12H25N3. The predicted octanol–water partition coefficient (Wildman–Crippen LogP) is 2.07. The summed E-state index contributed by atoms with van der Waals surface area (Å²) < 4.78 is 0. The third-order valence-electron chi connectivity index (χ3n) is 3.10. The Morgan fingerprint density at radius 1 is 1.53 bits per heavy atom. The van der Waals surface area contributed by atoms with Gasteiger partial charge in [0.05, 0.1) is 0 Å². The SMILES string of the molecule is CCC(/C=C1/NCCCN1N)C(C)(C)C. The molecule has 3 N–H and O–H groups in total. The van der Waals surface area contributed by atoms with Gasteiger partial charge in [-0.15, -0.1) is 0 Å². The number of rotatable bonds is 2. The normalized spacial score (nSPS) is 22.7. The van der Waals surface area contributed by atoms with Crippen LogP contribution >= 0.6 is 0 Å². The summed E-state index contributed by atoms with van der Waals surface area (Å²) in [5.41, 5.74) is 0.307. The van der Waals surface area contributed by atoms with Crippen molar-refractivity contribution in [1.82, 2.24) is 10.3 Å². The van der Waals surface area contributed by atoms with Crippen LogP contribution in [0.25, 0.3) is 0 Å². The van der Waals surface area contributed by atoms with E-state index in [1.165, 1.54) is 0 Å². The van der Waals surface area contributed by atoms with Gasteiger partial charge >= 0.3 is 0 Å². The van der Waals surface area contributed by atoms with Crippen LogP contribution in [0.15, 0.2) is 11.9 Å². The first-order chi connectivity index (χ1) is 6.95. The average Bonchev–Trinajstić information content (AvgIpc) is 2.14. The van der Waals surface area contributed by atoms with E-state index in [1.54, 1.807) is 0 Å². The van der Waals surface area contributed by atoms with Gasteiger partial charge in [-0.3, -0.25) is 5.01 Å². The second-order valence-electron chi connectivity index (χ2n) is 5.41. The molecule has 1 rings (SSSR count). The fourth-order valence-electron chi connectivity index (χ4n) is 2.01. The standard InChI is InChI=1S/C12H25N3/c1-5-10(12(2,3)4)9-11-14-7-6-8-15(11)13/h9-10,14H,5-8,13H2,1-4H3/b11-9-. The molecule has 0 saturated carbocycles. The molecule has 3 nitrogen and oxygen atoms in total. The minimum atomic E-state index is 0.307. The van der Waals surface area contributed by atoms with E-state index in [2.05, 4.69) is 39.1 Å². The van der Waals surface area contributed by atoms with Crippen molar-refractivity contribution in [3.05, 3.63) is 11.9 Å². The average molecular weight is 211 g/mol. The molecule has 1 aliphatic rings. The Morgan fingerprint density at radius 3 is 2.67 bits per heavy atom. The number of hydrogen-bond acceptors (Lipinski definition) is 3. The van der Waals surface area contributed by atoms with Gasteiger partial charge in [0.1, 0.15) is 5.82 Å². The summed E-state index contributed by atoms with van der Waals surface area (Å²) in [7, 11) is 0. The molecule has 15 heavy (non-hydrogen) atoms. The second kappa shape index (κ2) is 4.88. The third-order valence-corrected chi connectivity index (χ3v) is 3.10. The summed E-state index contributed by atoms with van der Waals surface area (Å²) >= 11 is 0. The molecule has 1 saturated heterocycles. The Labute approximate surface area is 93.7 Å². The molecule has 0 aromatic heterocycles. The highest BCUT2D eigenvalue weighted by molar-refractivity contribution is 5.04.